The molecule has 0 heterocycles. The highest BCUT2D eigenvalue weighted by molar-refractivity contribution is 9.10. The van der Waals surface area contributed by atoms with Crippen molar-refractivity contribution in [3.8, 4) is 0 Å². The van der Waals surface area contributed by atoms with Crippen molar-refractivity contribution in [2.75, 3.05) is 0 Å². The largest absolute Gasteiger partial charge is 0.478 e. The molecule has 1 aromatic carbocycles. The Morgan fingerprint density at radius 2 is 1.89 bits per heavy atom. The molecule has 0 saturated carbocycles. The third kappa shape index (κ3) is 3.14. The molecule has 106 valence electrons. The van der Waals surface area contributed by atoms with Gasteiger partial charge in [0.2, 0.25) is 0 Å². The van der Waals surface area contributed by atoms with Crippen LogP contribution in [0.1, 0.15) is 37.0 Å². The van der Waals surface area contributed by atoms with Gasteiger partial charge in [-0.15, -0.1) is 0 Å². The van der Waals surface area contributed by atoms with Gasteiger partial charge in [0, 0.05) is 4.47 Å². The molecule has 0 aliphatic heterocycles. The van der Waals surface area contributed by atoms with Crippen LogP contribution < -0.4 is 0 Å². The number of aromatic carboxylic acids is 1. The van der Waals surface area contributed by atoms with Gasteiger partial charge in [-0.05, 0) is 25.0 Å². The minimum absolute atomic E-state index is 0.218. The summed E-state index contributed by atoms with van der Waals surface area (Å²) in [5, 5.41) is 8.15. The first kappa shape index (κ1) is 16.1. The van der Waals surface area contributed by atoms with Gasteiger partial charge in [-0.3, -0.25) is 0 Å². The minimum atomic E-state index is -3.88. The third-order valence-electron chi connectivity index (χ3n) is 2.89. The molecule has 0 spiro atoms. The van der Waals surface area contributed by atoms with Crippen LogP contribution in [0.5, 0.6) is 0 Å². The average molecular weight is 353 g/mol. The maximum Gasteiger partial charge on any atom is 0.338 e. The van der Waals surface area contributed by atoms with Crippen molar-refractivity contribution >= 4 is 31.7 Å². The van der Waals surface area contributed by atoms with Crippen LogP contribution in [0.4, 0.5) is 4.39 Å². The van der Waals surface area contributed by atoms with E-state index in [1.165, 1.54) is 0 Å². The summed E-state index contributed by atoms with van der Waals surface area (Å²) in [5.41, 5.74) is -0.654. The molecule has 1 rings (SSSR count). The number of hydrogen-bond acceptors (Lipinski definition) is 3. The summed E-state index contributed by atoms with van der Waals surface area (Å²) in [4.78, 5) is 10.3. The SMILES string of the molecule is CCC(CC)S(=O)(=O)c1cc(Br)cc(C(=O)O)c1F. The van der Waals surface area contributed by atoms with Crippen LogP contribution in [0.2, 0.25) is 0 Å². The second-order valence-corrected chi connectivity index (χ2v) is 7.17. The van der Waals surface area contributed by atoms with Gasteiger partial charge in [-0.2, -0.15) is 0 Å². The Labute approximate surface area is 119 Å². The van der Waals surface area contributed by atoms with E-state index in [0.29, 0.717) is 12.8 Å². The Bertz CT molecular complexity index is 594. The molecule has 0 saturated heterocycles. The first-order valence-corrected chi connectivity index (χ1v) is 8.05. The highest BCUT2D eigenvalue weighted by Gasteiger charge is 2.30. The van der Waals surface area contributed by atoms with E-state index >= 15 is 0 Å². The summed E-state index contributed by atoms with van der Waals surface area (Å²) in [6.07, 6.45) is 0.681. The molecule has 4 nitrogen and oxygen atoms in total. The fourth-order valence-corrected chi connectivity index (χ4v) is 4.33. The lowest BCUT2D eigenvalue weighted by Gasteiger charge is -2.15. The van der Waals surface area contributed by atoms with Crippen LogP contribution in [0, 0.1) is 5.82 Å². The van der Waals surface area contributed by atoms with Crippen LogP contribution in [0.25, 0.3) is 0 Å². The molecule has 0 unspecified atom stereocenters. The molecule has 1 N–H and O–H groups in total. The van der Waals surface area contributed by atoms with E-state index in [2.05, 4.69) is 15.9 Å². The van der Waals surface area contributed by atoms with Crippen LogP contribution in [-0.4, -0.2) is 24.7 Å². The number of halogens is 2. The number of carbonyl (C=O) groups is 1. The molecule has 0 aromatic heterocycles. The lowest BCUT2D eigenvalue weighted by Crippen LogP contribution is -2.22. The van der Waals surface area contributed by atoms with Crippen LogP contribution in [0.15, 0.2) is 21.5 Å². The van der Waals surface area contributed by atoms with Crippen LogP contribution >= 0.6 is 15.9 Å². The lowest BCUT2D eigenvalue weighted by molar-refractivity contribution is 0.0691. The second-order valence-electron chi connectivity index (χ2n) is 4.05. The second kappa shape index (κ2) is 6.00. The topological polar surface area (TPSA) is 71.4 Å². The van der Waals surface area contributed by atoms with Gasteiger partial charge in [-0.25, -0.2) is 17.6 Å². The highest BCUT2D eigenvalue weighted by Crippen LogP contribution is 2.28. The van der Waals surface area contributed by atoms with E-state index in [1.807, 2.05) is 0 Å². The smallest absolute Gasteiger partial charge is 0.338 e. The third-order valence-corrected chi connectivity index (χ3v) is 5.80. The standard InChI is InChI=1S/C12H14BrFO4S/c1-3-8(4-2)19(17,18)10-6-7(13)5-9(11(10)14)12(15)16/h5-6,8H,3-4H2,1-2H3,(H,15,16). The summed E-state index contributed by atoms with van der Waals surface area (Å²) in [5.74, 6) is -2.71. The summed E-state index contributed by atoms with van der Waals surface area (Å²) in [6, 6.07) is 2.15. The quantitative estimate of drug-likeness (QED) is 0.882. The van der Waals surface area contributed by atoms with E-state index in [4.69, 9.17) is 5.11 Å². The fraction of sp³-hybridized carbons (Fsp3) is 0.417. The van der Waals surface area contributed by atoms with Gasteiger partial charge < -0.3 is 5.11 Å². The zero-order valence-electron chi connectivity index (χ0n) is 10.5. The highest BCUT2D eigenvalue weighted by atomic mass is 79.9. The molecule has 0 aliphatic carbocycles. The number of carboxylic acid groups (broad SMARTS) is 1. The molecule has 1 aromatic rings. The van der Waals surface area contributed by atoms with Gasteiger partial charge in [0.15, 0.2) is 15.7 Å². The van der Waals surface area contributed by atoms with Crippen molar-refractivity contribution in [2.24, 2.45) is 0 Å². The zero-order valence-corrected chi connectivity index (χ0v) is 12.9. The van der Waals surface area contributed by atoms with E-state index in [-0.39, 0.29) is 4.47 Å². The van der Waals surface area contributed by atoms with Crippen molar-refractivity contribution in [3.63, 3.8) is 0 Å². The summed E-state index contributed by atoms with van der Waals surface area (Å²) >= 11 is 3.01. The maximum absolute atomic E-state index is 14.1. The Morgan fingerprint density at radius 1 is 1.37 bits per heavy atom. The van der Waals surface area contributed by atoms with Gasteiger partial charge in [0.05, 0.1) is 10.8 Å². The summed E-state index contributed by atoms with van der Waals surface area (Å²) < 4.78 is 38.8. The monoisotopic (exact) mass is 352 g/mol. The molecule has 7 heteroatoms. The first-order chi connectivity index (χ1) is 8.75. The summed E-state index contributed by atoms with van der Waals surface area (Å²) in [6.45, 7) is 3.39. The Morgan fingerprint density at radius 3 is 2.32 bits per heavy atom. The van der Waals surface area contributed by atoms with Gasteiger partial charge >= 0.3 is 5.97 Å². The Kier molecular flexibility index (Phi) is 5.09. The fourth-order valence-electron chi connectivity index (χ4n) is 1.83. The molecule has 0 amide bonds. The molecular formula is C12H14BrFO4S. The number of sulfone groups is 1. The number of rotatable bonds is 5. The minimum Gasteiger partial charge on any atom is -0.478 e. The average Bonchev–Trinajstić information content (AvgIpc) is 2.32. The van der Waals surface area contributed by atoms with E-state index in [9.17, 15) is 17.6 Å². The molecule has 0 radical (unpaired) electrons. The number of carboxylic acids is 1. The Balaban J connectivity index is 3.55. The predicted octanol–water partition coefficient (Wildman–Crippen LogP) is 3.25. The van der Waals surface area contributed by atoms with Crippen LogP contribution in [-0.2, 0) is 9.84 Å². The lowest BCUT2D eigenvalue weighted by atomic mass is 10.2. The normalized spacial score (nSPS) is 11.8. The van der Waals surface area contributed by atoms with E-state index < -0.39 is 37.3 Å². The van der Waals surface area contributed by atoms with Gasteiger partial charge in [0.25, 0.3) is 0 Å². The zero-order chi connectivity index (χ0) is 14.8. The Hall–Kier alpha value is -0.950. The number of benzene rings is 1. The molecular weight excluding hydrogens is 339 g/mol. The van der Waals surface area contributed by atoms with Crippen molar-refractivity contribution in [1.29, 1.82) is 0 Å². The molecule has 0 aliphatic rings. The molecule has 0 fully saturated rings. The van der Waals surface area contributed by atoms with Crippen LogP contribution in [0.3, 0.4) is 0 Å². The molecule has 19 heavy (non-hydrogen) atoms. The van der Waals surface area contributed by atoms with Gasteiger partial charge in [-0.1, -0.05) is 29.8 Å². The first-order valence-electron chi connectivity index (χ1n) is 5.71. The van der Waals surface area contributed by atoms with Crippen molar-refractivity contribution in [3.05, 3.63) is 28.0 Å². The predicted molar refractivity (Wildman–Crippen MR) is 72.6 cm³/mol. The van der Waals surface area contributed by atoms with E-state index in [0.717, 1.165) is 12.1 Å². The van der Waals surface area contributed by atoms with Crippen molar-refractivity contribution in [2.45, 2.75) is 36.8 Å². The number of hydrogen-bond donors (Lipinski definition) is 1. The van der Waals surface area contributed by atoms with Crippen molar-refractivity contribution < 1.29 is 22.7 Å². The van der Waals surface area contributed by atoms with Gasteiger partial charge in [0.1, 0.15) is 4.90 Å². The summed E-state index contributed by atoms with van der Waals surface area (Å²) in [7, 11) is -3.88. The molecule has 0 bridgehead atoms. The van der Waals surface area contributed by atoms with Crippen molar-refractivity contribution in [1.82, 2.24) is 0 Å². The maximum atomic E-state index is 14.1. The molecule has 0 atom stereocenters. The van der Waals surface area contributed by atoms with E-state index in [1.54, 1.807) is 13.8 Å².